The molecule has 0 aliphatic carbocycles. The maximum atomic E-state index is 12.6. The fourth-order valence-electron chi connectivity index (χ4n) is 4.79. The van der Waals surface area contributed by atoms with Crippen LogP contribution in [0.2, 0.25) is 0 Å². The van der Waals surface area contributed by atoms with Gasteiger partial charge < -0.3 is 29.5 Å². The van der Waals surface area contributed by atoms with Gasteiger partial charge in [-0.3, -0.25) is 9.79 Å². The zero-order valence-electron chi connectivity index (χ0n) is 19.2. The standard InChI is InChI=1S/C23H35N5O3.HI/c1-24-23(27-13-11-26(12-14-27)22(29)21-8-5-15-31-21)25-16-18-9-10-28(17-18)19-6-3-4-7-20(19)30-2;/h3-4,6-7,18,21H,5,8-17H2,1-2H3,(H,24,25);1H. The highest BCUT2D eigenvalue weighted by atomic mass is 127. The molecule has 3 aliphatic rings. The lowest BCUT2D eigenvalue weighted by Gasteiger charge is -2.37. The number of benzene rings is 1. The van der Waals surface area contributed by atoms with Gasteiger partial charge in [-0.1, -0.05) is 12.1 Å². The van der Waals surface area contributed by atoms with E-state index in [9.17, 15) is 4.79 Å². The van der Waals surface area contributed by atoms with Crippen LogP contribution in [-0.4, -0.2) is 94.3 Å². The zero-order chi connectivity index (χ0) is 21.6. The Morgan fingerprint density at radius 2 is 1.91 bits per heavy atom. The van der Waals surface area contributed by atoms with E-state index in [2.05, 4.69) is 32.2 Å². The lowest BCUT2D eigenvalue weighted by Crippen LogP contribution is -2.55. The third kappa shape index (κ3) is 5.78. The predicted molar refractivity (Wildman–Crippen MR) is 137 cm³/mol. The number of guanidine groups is 1. The highest BCUT2D eigenvalue weighted by Crippen LogP contribution is 2.31. The van der Waals surface area contributed by atoms with Gasteiger partial charge in [-0.05, 0) is 37.3 Å². The van der Waals surface area contributed by atoms with Crippen molar-refractivity contribution in [2.75, 3.05) is 71.5 Å². The minimum atomic E-state index is -0.225. The number of carbonyl (C=O) groups excluding carboxylic acids is 1. The Morgan fingerprint density at radius 1 is 1.16 bits per heavy atom. The van der Waals surface area contributed by atoms with Crippen molar-refractivity contribution < 1.29 is 14.3 Å². The number of ether oxygens (including phenoxy) is 2. The first-order valence-corrected chi connectivity index (χ1v) is 11.4. The van der Waals surface area contributed by atoms with Crippen LogP contribution in [0, 0.1) is 5.92 Å². The van der Waals surface area contributed by atoms with Crippen molar-refractivity contribution in [1.82, 2.24) is 15.1 Å². The number of rotatable bonds is 5. The summed E-state index contributed by atoms with van der Waals surface area (Å²) in [4.78, 5) is 23.7. The number of methoxy groups -OCH3 is 1. The number of carbonyl (C=O) groups is 1. The lowest BCUT2D eigenvalue weighted by molar-refractivity contribution is -0.142. The molecule has 1 N–H and O–H groups in total. The molecule has 3 saturated heterocycles. The van der Waals surface area contributed by atoms with Gasteiger partial charge in [0.2, 0.25) is 0 Å². The quantitative estimate of drug-likeness (QED) is 0.340. The van der Waals surface area contributed by atoms with Crippen LogP contribution in [-0.2, 0) is 9.53 Å². The molecule has 1 aromatic carbocycles. The first-order chi connectivity index (χ1) is 15.2. The topological polar surface area (TPSA) is 69.6 Å². The molecule has 2 atom stereocenters. The lowest BCUT2D eigenvalue weighted by atomic mass is 10.1. The summed E-state index contributed by atoms with van der Waals surface area (Å²) in [6.45, 7) is 6.71. The Bertz CT molecular complexity index is 779. The van der Waals surface area contributed by atoms with Crippen molar-refractivity contribution in [1.29, 1.82) is 0 Å². The van der Waals surface area contributed by atoms with Crippen molar-refractivity contribution in [2.45, 2.75) is 25.4 Å². The van der Waals surface area contributed by atoms with E-state index < -0.39 is 0 Å². The first kappa shape index (κ1) is 24.9. The molecule has 1 amide bonds. The monoisotopic (exact) mass is 557 g/mol. The second-order valence-corrected chi connectivity index (χ2v) is 8.51. The van der Waals surface area contributed by atoms with E-state index in [1.54, 1.807) is 7.11 Å². The average Bonchev–Trinajstić information content (AvgIpc) is 3.52. The maximum absolute atomic E-state index is 12.6. The molecule has 0 radical (unpaired) electrons. The van der Waals surface area contributed by atoms with E-state index in [1.807, 2.05) is 24.1 Å². The van der Waals surface area contributed by atoms with E-state index in [4.69, 9.17) is 9.47 Å². The molecule has 1 aromatic rings. The molecule has 0 bridgehead atoms. The van der Waals surface area contributed by atoms with Crippen LogP contribution in [0.4, 0.5) is 5.69 Å². The van der Waals surface area contributed by atoms with Gasteiger partial charge in [0.05, 0.1) is 12.8 Å². The summed E-state index contributed by atoms with van der Waals surface area (Å²) in [5, 5.41) is 3.57. The van der Waals surface area contributed by atoms with Gasteiger partial charge in [-0.2, -0.15) is 0 Å². The van der Waals surface area contributed by atoms with E-state index in [0.29, 0.717) is 12.5 Å². The molecule has 3 aliphatic heterocycles. The summed E-state index contributed by atoms with van der Waals surface area (Å²) < 4.78 is 11.1. The maximum Gasteiger partial charge on any atom is 0.251 e. The van der Waals surface area contributed by atoms with Gasteiger partial charge in [0.25, 0.3) is 5.91 Å². The first-order valence-electron chi connectivity index (χ1n) is 11.4. The number of hydrogen-bond donors (Lipinski definition) is 1. The number of amides is 1. The SMILES string of the molecule is CN=C(NCC1CCN(c2ccccc2OC)C1)N1CCN(C(=O)C2CCCO2)CC1.I. The predicted octanol–water partition coefficient (Wildman–Crippen LogP) is 2.04. The van der Waals surface area contributed by atoms with Crippen molar-refractivity contribution >= 4 is 41.5 Å². The fraction of sp³-hybridized carbons (Fsp3) is 0.652. The minimum Gasteiger partial charge on any atom is -0.495 e. The molecule has 0 saturated carbocycles. The number of anilines is 1. The number of aliphatic imine (C=N–C) groups is 1. The third-order valence-electron chi connectivity index (χ3n) is 6.57. The number of para-hydroxylation sites is 2. The second-order valence-electron chi connectivity index (χ2n) is 8.51. The molecule has 178 valence electrons. The Balaban J connectivity index is 0.00000289. The van der Waals surface area contributed by atoms with Crippen LogP contribution in [0.5, 0.6) is 5.75 Å². The van der Waals surface area contributed by atoms with Crippen molar-refractivity contribution in [3.8, 4) is 5.75 Å². The second kappa shape index (κ2) is 11.9. The van der Waals surface area contributed by atoms with E-state index in [0.717, 1.165) is 76.8 Å². The van der Waals surface area contributed by atoms with Gasteiger partial charge >= 0.3 is 0 Å². The molecule has 8 nitrogen and oxygen atoms in total. The highest BCUT2D eigenvalue weighted by Gasteiger charge is 2.31. The van der Waals surface area contributed by atoms with Gasteiger partial charge in [-0.15, -0.1) is 24.0 Å². The summed E-state index contributed by atoms with van der Waals surface area (Å²) in [5.41, 5.74) is 1.17. The van der Waals surface area contributed by atoms with Crippen molar-refractivity contribution in [2.24, 2.45) is 10.9 Å². The van der Waals surface area contributed by atoms with Gasteiger partial charge in [0.1, 0.15) is 11.9 Å². The van der Waals surface area contributed by atoms with Crippen LogP contribution in [0.25, 0.3) is 0 Å². The van der Waals surface area contributed by atoms with Crippen molar-refractivity contribution in [3.05, 3.63) is 24.3 Å². The molecular formula is C23H36IN5O3. The van der Waals surface area contributed by atoms with Gasteiger partial charge in [-0.25, -0.2) is 0 Å². The summed E-state index contributed by atoms with van der Waals surface area (Å²) in [6, 6.07) is 8.22. The average molecular weight is 557 g/mol. The Labute approximate surface area is 208 Å². The summed E-state index contributed by atoms with van der Waals surface area (Å²) >= 11 is 0. The van der Waals surface area contributed by atoms with E-state index in [-0.39, 0.29) is 36.0 Å². The highest BCUT2D eigenvalue weighted by molar-refractivity contribution is 14.0. The molecule has 2 unspecified atom stereocenters. The largest absolute Gasteiger partial charge is 0.495 e. The Kier molecular flexibility index (Phi) is 9.27. The number of nitrogens with zero attached hydrogens (tertiary/aromatic N) is 4. The van der Waals surface area contributed by atoms with Crippen LogP contribution < -0.4 is 15.0 Å². The fourth-order valence-corrected chi connectivity index (χ4v) is 4.79. The molecule has 0 aromatic heterocycles. The number of piperazine rings is 1. The Morgan fingerprint density at radius 3 is 2.59 bits per heavy atom. The van der Waals surface area contributed by atoms with E-state index >= 15 is 0 Å². The summed E-state index contributed by atoms with van der Waals surface area (Å²) in [5.74, 6) is 2.58. The smallest absolute Gasteiger partial charge is 0.251 e. The molecule has 3 heterocycles. The molecule has 3 fully saturated rings. The molecular weight excluding hydrogens is 521 g/mol. The minimum absolute atomic E-state index is 0. The van der Waals surface area contributed by atoms with Crippen LogP contribution in [0.3, 0.4) is 0 Å². The van der Waals surface area contributed by atoms with Crippen molar-refractivity contribution in [3.63, 3.8) is 0 Å². The zero-order valence-corrected chi connectivity index (χ0v) is 21.5. The van der Waals surface area contributed by atoms with Crippen LogP contribution in [0.1, 0.15) is 19.3 Å². The molecule has 4 rings (SSSR count). The van der Waals surface area contributed by atoms with Crippen LogP contribution >= 0.6 is 24.0 Å². The third-order valence-corrected chi connectivity index (χ3v) is 6.57. The summed E-state index contributed by atoms with van der Waals surface area (Å²) in [7, 11) is 3.56. The molecule has 0 spiro atoms. The van der Waals surface area contributed by atoms with Gasteiger partial charge in [0.15, 0.2) is 5.96 Å². The summed E-state index contributed by atoms with van der Waals surface area (Å²) in [6.07, 6.45) is 2.77. The number of halogens is 1. The number of hydrogen-bond acceptors (Lipinski definition) is 5. The van der Waals surface area contributed by atoms with E-state index in [1.165, 1.54) is 5.69 Å². The van der Waals surface area contributed by atoms with Crippen LogP contribution in [0.15, 0.2) is 29.3 Å². The molecule has 9 heteroatoms. The normalized spacial score (nSPS) is 23.8. The molecule has 32 heavy (non-hydrogen) atoms. The Hall–Kier alpha value is -1.75. The van der Waals surface area contributed by atoms with Gasteiger partial charge in [0, 0.05) is 59.5 Å². The number of nitrogens with one attached hydrogen (secondary N) is 1.